The molecule has 3 nitrogen and oxygen atoms in total. The Balaban J connectivity index is 0.000000181. The van der Waals surface area contributed by atoms with Crippen LogP contribution < -0.4 is 0 Å². The van der Waals surface area contributed by atoms with Crippen molar-refractivity contribution in [2.45, 2.75) is 170 Å². The Kier molecular flexibility index (Phi) is 19.3. The molecule has 6 rings (SSSR count). The summed E-state index contributed by atoms with van der Waals surface area (Å²) in [6.45, 7) is 32.0. The van der Waals surface area contributed by atoms with Crippen molar-refractivity contribution in [3.05, 3.63) is 105 Å². The van der Waals surface area contributed by atoms with E-state index in [9.17, 15) is 0 Å². The van der Waals surface area contributed by atoms with Gasteiger partial charge in [0.1, 0.15) is 0 Å². The maximum Gasteiger partial charge on any atom is 0.0236 e. The van der Waals surface area contributed by atoms with Crippen LogP contribution in [0.5, 0.6) is 0 Å². The van der Waals surface area contributed by atoms with E-state index in [0.29, 0.717) is 17.8 Å². The van der Waals surface area contributed by atoms with E-state index in [1.165, 1.54) is 127 Å². The highest BCUT2D eigenvalue weighted by atomic mass is 15.1. The number of rotatable bonds is 12. The SMILES string of the molecule is CCc1ccc(CN2CCCCC2)cc1C(C)C.CCc1cccc(CCN2CCCCC2)c1C(C)C.Cc1cccc(CN2CCCCC2)c1C(C)C. The van der Waals surface area contributed by atoms with E-state index >= 15 is 0 Å². The summed E-state index contributed by atoms with van der Waals surface area (Å²) in [6, 6.07) is 20.8. The number of nitrogens with zero attached hydrogens (tertiary/aromatic N) is 3. The third kappa shape index (κ3) is 13.9. The highest BCUT2D eigenvalue weighted by Crippen LogP contribution is 2.27. The van der Waals surface area contributed by atoms with Crippen molar-refractivity contribution in [2.24, 2.45) is 0 Å². The Bertz CT molecular complexity index is 1480. The van der Waals surface area contributed by atoms with Crippen LogP contribution in [0.4, 0.5) is 0 Å². The third-order valence-corrected chi connectivity index (χ3v) is 12.3. The molecule has 3 aromatic rings. The topological polar surface area (TPSA) is 9.72 Å². The zero-order valence-corrected chi connectivity index (χ0v) is 36.6. The van der Waals surface area contributed by atoms with E-state index in [4.69, 9.17) is 0 Å². The first kappa shape index (κ1) is 44.3. The Morgan fingerprint density at radius 2 is 0.981 bits per heavy atom. The number of benzene rings is 3. The highest BCUT2D eigenvalue weighted by molar-refractivity contribution is 5.39. The average molecular weight is 736 g/mol. The number of likely N-dealkylation sites (tertiary alicyclic amines) is 3. The summed E-state index contributed by atoms with van der Waals surface area (Å²) in [4.78, 5) is 7.87. The van der Waals surface area contributed by atoms with E-state index < -0.39 is 0 Å². The molecule has 3 heterocycles. The molecule has 3 saturated heterocycles. The maximum absolute atomic E-state index is 2.65. The van der Waals surface area contributed by atoms with Crippen LogP contribution in [0.1, 0.15) is 181 Å². The minimum atomic E-state index is 0.635. The van der Waals surface area contributed by atoms with Crippen LogP contribution in [0.15, 0.2) is 54.6 Å². The first-order valence-corrected chi connectivity index (χ1v) is 22.6. The highest BCUT2D eigenvalue weighted by Gasteiger charge is 2.17. The van der Waals surface area contributed by atoms with E-state index in [0.717, 1.165) is 25.9 Å². The molecule has 0 spiro atoms. The van der Waals surface area contributed by atoms with Crippen LogP contribution in [0.25, 0.3) is 0 Å². The lowest BCUT2D eigenvalue weighted by atomic mass is 9.89. The van der Waals surface area contributed by atoms with Crippen molar-refractivity contribution in [1.29, 1.82) is 0 Å². The molecule has 0 radical (unpaired) electrons. The predicted octanol–water partition coefficient (Wildman–Crippen LogP) is 12.9. The summed E-state index contributed by atoms with van der Waals surface area (Å²) >= 11 is 0. The van der Waals surface area contributed by atoms with Gasteiger partial charge in [-0.2, -0.15) is 0 Å². The standard InChI is InChI=1S/C18H29N.C17H27N.C16H25N/c1-4-16-9-8-10-17(18(16)15(2)3)11-14-19-12-6-5-7-13-19;1-4-16-9-8-15(12-17(16)14(2)3)13-18-10-6-5-7-11-18;1-13(2)16-14(3)8-7-9-15(16)12-17-10-5-4-6-11-17/h8-10,15H,4-7,11-14H2,1-3H3;8-9,12,14H,4-7,10-11,13H2,1-3H3;7-9,13H,4-6,10-12H2,1-3H3. The summed E-state index contributed by atoms with van der Waals surface area (Å²) in [7, 11) is 0. The first-order valence-electron chi connectivity index (χ1n) is 22.6. The van der Waals surface area contributed by atoms with Gasteiger partial charge in [0.15, 0.2) is 0 Å². The van der Waals surface area contributed by atoms with E-state index in [-0.39, 0.29) is 0 Å². The fraction of sp³-hybridized carbons (Fsp3) is 0.647. The molecule has 0 bridgehead atoms. The van der Waals surface area contributed by atoms with Crippen LogP contribution in [0.3, 0.4) is 0 Å². The van der Waals surface area contributed by atoms with Crippen LogP contribution in [-0.4, -0.2) is 60.5 Å². The molecule has 0 amide bonds. The molecule has 0 atom stereocenters. The summed E-state index contributed by atoms with van der Waals surface area (Å²) in [5.41, 5.74) is 13.9. The van der Waals surface area contributed by atoms with Gasteiger partial charge in [-0.05, 0) is 172 Å². The number of hydrogen-bond acceptors (Lipinski definition) is 3. The van der Waals surface area contributed by atoms with E-state index in [2.05, 4.69) is 132 Å². The molecule has 3 aromatic carbocycles. The van der Waals surface area contributed by atoms with E-state index in [1.807, 2.05) is 0 Å². The van der Waals surface area contributed by atoms with Crippen LogP contribution >= 0.6 is 0 Å². The van der Waals surface area contributed by atoms with Crippen LogP contribution in [-0.2, 0) is 32.4 Å². The molecule has 3 heteroatoms. The number of aryl methyl sites for hydroxylation is 3. The van der Waals surface area contributed by atoms with Crippen molar-refractivity contribution in [3.63, 3.8) is 0 Å². The van der Waals surface area contributed by atoms with Gasteiger partial charge >= 0.3 is 0 Å². The molecule has 0 aromatic heterocycles. The van der Waals surface area contributed by atoms with Gasteiger partial charge in [0.25, 0.3) is 0 Å². The first-order chi connectivity index (χ1) is 26.1. The molecule has 0 unspecified atom stereocenters. The maximum atomic E-state index is 2.65. The van der Waals surface area contributed by atoms with Crippen molar-refractivity contribution in [3.8, 4) is 0 Å². The minimum Gasteiger partial charge on any atom is -0.303 e. The summed E-state index contributed by atoms with van der Waals surface area (Å²) < 4.78 is 0. The smallest absolute Gasteiger partial charge is 0.0236 e. The molecule has 54 heavy (non-hydrogen) atoms. The summed E-state index contributed by atoms with van der Waals surface area (Å²) in [6.07, 6.45) is 16.1. The lowest BCUT2D eigenvalue weighted by Gasteiger charge is -2.28. The second kappa shape index (κ2) is 23.6. The third-order valence-electron chi connectivity index (χ3n) is 12.3. The molecule has 300 valence electrons. The van der Waals surface area contributed by atoms with Gasteiger partial charge in [0.2, 0.25) is 0 Å². The Morgan fingerprint density at radius 3 is 1.52 bits per heavy atom. The van der Waals surface area contributed by atoms with Crippen LogP contribution in [0.2, 0.25) is 0 Å². The fourth-order valence-corrected chi connectivity index (χ4v) is 9.44. The molecule has 0 N–H and O–H groups in total. The van der Waals surface area contributed by atoms with Crippen LogP contribution in [0, 0.1) is 6.92 Å². The van der Waals surface area contributed by atoms with Gasteiger partial charge in [-0.15, -0.1) is 0 Å². The van der Waals surface area contributed by atoms with Gasteiger partial charge in [0.05, 0.1) is 0 Å². The monoisotopic (exact) mass is 736 g/mol. The van der Waals surface area contributed by atoms with Gasteiger partial charge < -0.3 is 4.90 Å². The second-order valence-corrected chi connectivity index (χ2v) is 17.7. The van der Waals surface area contributed by atoms with Crippen molar-refractivity contribution >= 4 is 0 Å². The zero-order valence-electron chi connectivity index (χ0n) is 36.6. The molecular formula is C51H81N3. The lowest BCUT2D eigenvalue weighted by molar-refractivity contribution is 0.220. The zero-order chi connectivity index (χ0) is 38.9. The Hall–Kier alpha value is -2.46. The molecular weight excluding hydrogens is 655 g/mol. The Labute approximate surface area is 334 Å². The average Bonchev–Trinajstić information content (AvgIpc) is 3.18. The van der Waals surface area contributed by atoms with Gasteiger partial charge in [-0.3, -0.25) is 9.80 Å². The molecule has 0 aliphatic carbocycles. The van der Waals surface area contributed by atoms with Crippen molar-refractivity contribution in [2.75, 3.05) is 45.8 Å². The minimum absolute atomic E-state index is 0.635. The molecule has 3 fully saturated rings. The quantitative estimate of drug-likeness (QED) is 0.183. The molecule has 3 aliphatic rings. The summed E-state index contributed by atoms with van der Waals surface area (Å²) in [5, 5.41) is 0. The molecule has 0 saturated carbocycles. The normalized spacial score (nSPS) is 17.3. The lowest BCUT2D eigenvalue weighted by Crippen LogP contribution is -2.31. The number of hydrogen-bond donors (Lipinski definition) is 0. The largest absolute Gasteiger partial charge is 0.303 e. The van der Waals surface area contributed by atoms with E-state index in [1.54, 1.807) is 33.4 Å². The second-order valence-electron chi connectivity index (χ2n) is 17.7. The Morgan fingerprint density at radius 1 is 0.481 bits per heavy atom. The van der Waals surface area contributed by atoms with Crippen molar-refractivity contribution < 1.29 is 0 Å². The molecule has 3 aliphatic heterocycles. The summed E-state index contributed by atoms with van der Waals surface area (Å²) in [5.74, 6) is 1.92. The fourth-order valence-electron chi connectivity index (χ4n) is 9.44. The van der Waals surface area contributed by atoms with Crippen molar-refractivity contribution in [1.82, 2.24) is 14.7 Å². The van der Waals surface area contributed by atoms with Gasteiger partial charge in [0, 0.05) is 19.6 Å². The van der Waals surface area contributed by atoms with Gasteiger partial charge in [-0.1, -0.05) is 129 Å². The predicted molar refractivity (Wildman–Crippen MR) is 237 cm³/mol. The van der Waals surface area contributed by atoms with Gasteiger partial charge in [-0.25, -0.2) is 0 Å². The number of piperidine rings is 3.